The van der Waals surface area contributed by atoms with Gasteiger partial charge in [-0.3, -0.25) is 0 Å². The molecule has 1 N–H and O–H groups in total. The third-order valence-corrected chi connectivity index (χ3v) is 1.67. The predicted molar refractivity (Wildman–Crippen MR) is 46.2 cm³/mol. The molecule has 0 rings (SSSR count). The SMILES string of the molecule is C[Si](C)(C)C#CC(Cl)=NO. The number of nitrogens with zero attached hydrogens (tertiary/aromatic N) is 1. The lowest BCUT2D eigenvalue weighted by atomic mass is 10.8. The van der Waals surface area contributed by atoms with Crippen LogP contribution in [-0.4, -0.2) is 18.5 Å². The highest BCUT2D eigenvalue weighted by Gasteiger charge is 2.07. The lowest BCUT2D eigenvalue weighted by molar-refractivity contribution is 0.321. The van der Waals surface area contributed by atoms with Crippen LogP contribution in [0.4, 0.5) is 0 Å². The quantitative estimate of drug-likeness (QED) is 0.197. The zero-order valence-electron chi connectivity index (χ0n) is 6.27. The summed E-state index contributed by atoms with van der Waals surface area (Å²) in [6, 6.07) is 0. The highest BCUT2D eigenvalue weighted by atomic mass is 35.5. The zero-order chi connectivity index (χ0) is 8.20. The molecular weight excluding hydrogens is 166 g/mol. The van der Waals surface area contributed by atoms with Crippen LogP contribution in [0.1, 0.15) is 0 Å². The Morgan fingerprint density at radius 3 is 2.30 bits per heavy atom. The van der Waals surface area contributed by atoms with Crippen molar-refractivity contribution in [2.45, 2.75) is 19.6 Å². The van der Waals surface area contributed by atoms with Gasteiger partial charge in [-0.15, -0.1) is 5.54 Å². The maximum Gasteiger partial charge on any atom is 0.218 e. The smallest absolute Gasteiger partial charge is 0.218 e. The van der Waals surface area contributed by atoms with Crippen molar-refractivity contribution in [2.75, 3.05) is 0 Å². The lowest BCUT2D eigenvalue weighted by Gasteiger charge is -2.02. The molecule has 56 valence electrons. The summed E-state index contributed by atoms with van der Waals surface area (Å²) in [7, 11) is -1.37. The molecule has 0 aliphatic rings. The van der Waals surface area contributed by atoms with Gasteiger partial charge in [0.25, 0.3) is 0 Å². The maximum atomic E-state index is 8.10. The van der Waals surface area contributed by atoms with Crippen molar-refractivity contribution in [3.63, 3.8) is 0 Å². The Bertz CT molecular complexity index is 196. The molecule has 0 aromatic heterocycles. The normalized spacial score (nSPS) is 12.2. The first kappa shape index (κ1) is 9.54. The monoisotopic (exact) mass is 175 g/mol. The fraction of sp³-hybridized carbons (Fsp3) is 0.500. The van der Waals surface area contributed by atoms with E-state index >= 15 is 0 Å². The first-order valence-corrected chi connectivity index (χ1v) is 6.74. The fourth-order valence-corrected chi connectivity index (χ4v) is 0.884. The molecule has 0 saturated heterocycles. The molecule has 0 atom stereocenters. The van der Waals surface area contributed by atoms with Gasteiger partial charge in [0.2, 0.25) is 5.17 Å². The van der Waals surface area contributed by atoms with Crippen LogP contribution in [0.25, 0.3) is 0 Å². The molecule has 0 aliphatic heterocycles. The Morgan fingerprint density at radius 2 is 2.00 bits per heavy atom. The molecule has 0 bridgehead atoms. The van der Waals surface area contributed by atoms with E-state index in [0.717, 1.165) is 0 Å². The maximum absolute atomic E-state index is 8.10. The Labute approximate surface area is 66.9 Å². The average molecular weight is 176 g/mol. The van der Waals surface area contributed by atoms with E-state index in [1.54, 1.807) is 0 Å². The van der Waals surface area contributed by atoms with Gasteiger partial charge in [-0.2, -0.15) is 0 Å². The molecule has 0 aliphatic carbocycles. The van der Waals surface area contributed by atoms with E-state index < -0.39 is 8.07 Å². The molecule has 0 amide bonds. The number of rotatable bonds is 0. The minimum atomic E-state index is -1.37. The first-order chi connectivity index (χ1) is 4.45. The van der Waals surface area contributed by atoms with Gasteiger partial charge >= 0.3 is 0 Å². The molecule has 4 heteroatoms. The minimum absolute atomic E-state index is 0.0394. The van der Waals surface area contributed by atoms with Gasteiger partial charge in [0.15, 0.2) is 0 Å². The summed E-state index contributed by atoms with van der Waals surface area (Å²) >= 11 is 5.32. The Morgan fingerprint density at radius 1 is 1.50 bits per heavy atom. The standard InChI is InChI=1S/C6H10ClNOSi/c1-10(2,3)5-4-6(7)8-9/h9H,1-3H3. The van der Waals surface area contributed by atoms with Gasteiger partial charge in [0.05, 0.1) is 0 Å². The molecule has 0 fully saturated rings. The van der Waals surface area contributed by atoms with Crippen molar-refractivity contribution in [1.82, 2.24) is 0 Å². The van der Waals surface area contributed by atoms with Gasteiger partial charge in [-0.05, 0) is 17.5 Å². The van der Waals surface area contributed by atoms with Crippen molar-refractivity contribution >= 4 is 24.8 Å². The molecule has 2 nitrogen and oxygen atoms in total. The summed E-state index contributed by atoms with van der Waals surface area (Å²) < 4.78 is 0. The minimum Gasteiger partial charge on any atom is -0.409 e. The van der Waals surface area contributed by atoms with Crippen LogP contribution in [0.15, 0.2) is 5.16 Å². The second-order valence-corrected chi connectivity index (χ2v) is 8.00. The van der Waals surface area contributed by atoms with Gasteiger partial charge in [0, 0.05) is 0 Å². The van der Waals surface area contributed by atoms with Crippen LogP contribution >= 0.6 is 11.6 Å². The molecule has 10 heavy (non-hydrogen) atoms. The molecule has 0 heterocycles. The molecule has 0 saturated carbocycles. The molecule has 0 aromatic rings. The van der Waals surface area contributed by atoms with Crippen molar-refractivity contribution in [3.8, 4) is 11.5 Å². The first-order valence-electron chi connectivity index (χ1n) is 2.86. The molecule has 0 spiro atoms. The largest absolute Gasteiger partial charge is 0.409 e. The van der Waals surface area contributed by atoms with E-state index in [1.165, 1.54) is 0 Å². The Balaban J connectivity index is 4.19. The van der Waals surface area contributed by atoms with Crippen LogP contribution in [0.3, 0.4) is 0 Å². The zero-order valence-corrected chi connectivity index (χ0v) is 8.03. The molecule has 0 unspecified atom stereocenters. The second kappa shape index (κ2) is 3.64. The van der Waals surface area contributed by atoms with Gasteiger partial charge in [-0.25, -0.2) is 0 Å². The highest BCUT2D eigenvalue weighted by Crippen LogP contribution is 1.96. The number of hydrogen-bond acceptors (Lipinski definition) is 2. The molecule has 0 radical (unpaired) electrons. The molecular formula is C6H10ClNOSi. The summed E-state index contributed by atoms with van der Waals surface area (Å²) in [4.78, 5) is 0. The summed E-state index contributed by atoms with van der Waals surface area (Å²) in [6.45, 7) is 6.25. The summed E-state index contributed by atoms with van der Waals surface area (Å²) in [5.41, 5.74) is 2.94. The lowest BCUT2D eigenvalue weighted by Crippen LogP contribution is -2.16. The van der Waals surface area contributed by atoms with Crippen LogP contribution in [-0.2, 0) is 0 Å². The van der Waals surface area contributed by atoms with Crippen LogP contribution in [0, 0.1) is 11.5 Å². The third kappa shape index (κ3) is 5.67. The van der Waals surface area contributed by atoms with E-state index in [1.807, 2.05) is 0 Å². The molecule has 0 aromatic carbocycles. The highest BCUT2D eigenvalue weighted by molar-refractivity contribution is 6.84. The van der Waals surface area contributed by atoms with Gasteiger partial charge in [-0.1, -0.05) is 24.8 Å². The second-order valence-electron chi connectivity index (χ2n) is 2.89. The van der Waals surface area contributed by atoms with Crippen molar-refractivity contribution in [3.05, 3.63) is 0 Å². The van der Waals surface area contributed by atoms with E-state index in [-0.39, 0.29) is 5.17 Å². The summed E-state index contributed by atoms with van der Waals surface area (Å²) in [5.74, 6) is 2.55. The summed E-state index contributed by atoms with van der Waals surface area (Å²) in [6.07, 6.45) is 0. The van der Waals surface area contributed by atoms with E-state index in [4.69, 9.17) is 16.8 Å². The Kier molecular flexibility index (Phi) is 3.47. The number of oxime groups is 1. The van der Waals surface area contributed by atoms with Crippen LogP contribution < -0.4 is 0 Å². The topological polar surface area (TPSA) is 32.6 Å². The fourth-order valence-electron chi connectivity index (χ4n) is 0.264. The van der Waals surface area contributed by atoms with Crippen molar-refractivity contribution in [1.29, 1.82) is 0 Å². The van der Waals surface area contributed by atoms with Crippen molar-refractivity contribution in [2.24, 2.45) is 5.16 Å². The van der Waals surface area contributed by atoms with Crippen LogP contribution in [0.5, 0.6) is 0 Å². The predicted octanol–water partition coefficient (Wildman–Crippen LogP) is 1.89. The number of hydrogen-bond donors (Lipinski definition) is 1. The van der Waals surface area contributed by atoms with E-state index in [9.17, 15) is 0 Å². The van der Waals surface area contributed by atoms with E-state index in [2.05, 4.69) is 36.3 Å². The Hall–Kier alpha value is -0.463. The number of halogens is 1. The average Bonchev–Trinajstić information content (AvgIpc) is 1.81. The van der Waals surface area contributed by atoms with Crippen LogP contribution in [0.2, 0.25) is 19.6 Å². The third-order valence-electron chi connectivity index (χ3n) is 0.628. The van der Waals surface area contributed by atoms with Gasteiger partial charge in [0.1, 0.15) is 8.07 Å². The van der Waals surface area contributed by atoms with Crippen molar-refractivity contribution < 1.29 is 5.21 Å². The summed E-state index contributed by atoms with van der Waals surface area (Å²) in [5, 5.41) is 10.8. The van der Waals surface area contributed by atoms with E-state index in [0.29, 0.717) is 0 Å². The van der Waals surface area contributed by atoms with Gasteiger partial charge < -0.3 is 5.21 Å².